The number of nitrogens with one attached hydrogen (secondary N) is 2. The highest BCUT2D eigenvalue weighted by atomic mass is 35.5. The van der Waals surface area contributed by atoms with Gasteiger partial charge in [0, 0.05) is 5.69 Å². The van der Waals surface area contributed by atoms with Gasteiger partial charge in [0.25, 0.3) is 0 Å². The van der Waals surface area contributed by atoms with Gasteiger partial charge in [-0.05, 0) is 67.8 Å². The van der Waals surface area contributed by atoms with Crippen LogP contribution in [0.25, 0.3) is 5.69 Å². The Morgan fingerprint density at radius 2 is 2.22 bits per heavy atom. The van der Waals surface area contributed by atoms with E-state index in [9.17, 15) is 4.79 Å². The molecule has 0 spiro atoms. The molecule has 1 unspecified atom stereocenters. The van der Waals surface area contributed by atoms with Gasteiger partial charge in [0.2, 0.25) is 5.91 Å². The number of carbonyl (C=O) groups is 1. The Morgan fingerprint density at radius 1 is 1.39 bits per heavy atom. The van der Waals surface area contributed by atoms with Crippen molar-refractivity contribution in [3.8, 4) is 5.69 Å². The van der Waals surface area contributed by atoms with E-state index in [0.29, 0.717) is 0 Å². The van der Waals surface area contributed by atoms with E-state index in [2.05, 4.69) is 26.2 Å². The summed E-state index contributed by atoms with van der Waals surface area (Å²) in [5.74, 6) is -0.00119. The summed E-state index contributed by atoms with van der Waals surface area (Å²) in [6.07, 6.45) is 4.58. The molecule has 0 aliphatic carbocycles. The molecule has 1 atom stereocenters. The summed E-state index contributed by atoms with van der Waals surface area (Å²) < 4.78 is 1.59. The van der Waals surface area contributed by atoms with Gasteiger partial charge in [0.05, 0.1) is 11.2 Å². The fraction of sp³-hybridized carbons (Fsp3) is 0.467. The lowest BCUT2D eigenvalue weighted by Gasteiger charge is -2.33. The Balaban J connectivity index is 0.00000192. The first-order chi connectivity index (χ1) is 10.6. The molecule has 0 radical (unpaired) electrons. The lowest BCUT2D eigenvalue weighted by molar-refractivity contribution is -0.122. The Hall–Kier alpha value is -1.99. The number of piperidine rings is 1. The highest BCUT2D eigenvalue weighted by molar-refractivity contribution is 5.98. The molecule has 1 saturated heterocycles. The predicted octanol–water partition coefficient (Wildman–Crippen LogP) is 1.86. The predicted molar refractivity (Wildman–Crippen MR) is 90.0 cm³/mol. The molecular weight excluding hydrogens is 316 g/mol. The van der Waals surface area contributed by atoms with E-state index in [1.807, 2.05) is 32.0 Å². The quantitative estimate of drug-likeness (QED) is 0.893. The van der Waals surface area contributed by atoms with Crippen LogP contribution in [0, 0.1) is 6.92 Å². The van der Waals surface area contributed by atoms with E-state index in [0.717, 1.165) is 42.7 Å². The number of aromatic nitrogens is 4. The Bertz CT molecular complexity index is 667. The first-order valence-corrected chi connectivity index (χ1v) is 7.49. The van der Waals surface area contributed by atoms with Gasteiger partial charge >= 0.3 is 0 Å². The van der Waals surface area contributed by atoms with Gasteiger partial charge in [-0.15, -0.1) is 17.5 Å². The summed E-state index contributed by atoms with van der Waals surface area (Å²) in [6.45, 7) is 4.82. The average Bonchev–Trinajstić information content (AvgIpc) is 3.04. The minimum Gasteiger partial charge on any atom is -0.324 e. The van der Waals surface area contributed by atoms with Crippen molar-refractivity contribution in [2.24, 2.45) is 0 Å². The summed E-state index contributed by atoms with van der Waals surface area (Å²) in [6, 6.07) is 5.73. The van der Waals surface area contributed by atoms with Crippen LogP contribution in [0.3, 0.4) is 0 Å². The van der Waals surface area contributed by atoms with Crippen molar-refractivity contribution < 1.29 is 4.79 Å². The van der Waals surface area contributed by atoms with Crippen LogP contribution in [0.15, 0.2) is 24.5 Å². The second-order valence-corrected chi connectivity index (χ2v) is 5.93. The zero-order valence-electron chi connectivity index (χ0n) is 13.2. The number of carbonyl (C=O) groups excluding carboxylic acids is 1. The van der Waals surface area contributed by atoms with Gasteiger partial charge in [-0.3, -0.25) is 4.79 Å². The number of tetrazole rings is 1. The fourth-order valence-electron chi connectivity index (χ4n) is 2.72. The van der Waals surface area contributed by atoms with Crippen molar-refractivity contribution in [1.29, 1.82) is 0 Å². The summed E-state index contributed by atoms with van der Waals surface area (Å²) in [4.78, 5) is 12.6. The van der Waals surface area contributed by atoms with Gasteiger partial charge in [0.15, 0.2) is 0 Å². The van der Waals surface area contributed by atoms with E-state index in [1.54, 1.807) is 4.68 Å². The zero-order chi connectivity index (χ0) is 15.6. The third kappa shape index (κ3) is 3.68. The molecule has 2 N–H and O–H groups in total. The molecule has 1 aliphatic heterocycles. The first kappa shape index (κ1) is 17.4. The summed E-state index contributed by atoms with van der Waals surface area (Å²) in [5.41, 5.74) is 2.13. The van der Waals surface area contributed by atoms with Crippen LogP contribution in [-0.2, 0) is 4.79 Å². The number of halogens is 1. The molecule has 124 valence electrons. The van der Waals surface area contributed by atoms with Crippen molar-refractivity contribution in [3.63, 3.8) is 0 Å². The second-order valence-electron chi connectivity index (χ2n) is 5.93. The Kier molecular flexibility index (Phi) is 5.33. The smallest absolute Gasteiger partial charge is 0.244 e. The number of anilines is 1. The molecule has 1 fully saturated rings. The van der Waals surface area contributed by atoms with E-state index in [4.69, 9.17) is 0 Å². The molecule has 2 heterocycles. The minimum absolute atomic E-state index is 0. The first-order valence-electron chi connectivity index (χ1n) is 7.49. The van der Waals surface area contributed by atoms with E-state index >= 15 is 0 Å². The Labute approximate surface area is 141 Å². The molecule has 1 aromatic heterocycles. The lowest BCUT2D eigenvalue weighted by Crippen LogP contribution is -2.54. The molecular formula is C15H21ClN6O. The van der Waals surface area contributed by atoms with Crippen LogP contribution in [0.1, 0.15) is 31.7 Å². The second kappa shape index (κ2) is 7.06. The maximum Gasteiger partial charge on any atom is 0.244 e. The molecule has 23 heavy (non-hydrogen) atoms. The van der Waals surface area contributed by atoms with Crippen molar-refractivity contribution in [2.45, 2.75) is 38.6 Å². The molecule has 2 aromatic rings. The minimum atomic E-state index is -0.502. The number of benzene rings is 1. The van der Waals surface area contributed by atoms with Gasteiger partial charge < -0.3 is 10.6 Å². The summed E-state index contributed by atoms with van der Waals surface area (Å²) >= 11 is 0. The average molecular weight is 337 g/mol. The fourth-order valence-corrected chi connectivity index (χ4v) is 2.72. The normalized spacial score (nSPS) is 20.6. The van der Waals surface area contributed by atoms with Gasteiger partial charge in [-0.25, -0.2) is 4.68 Å². The number of rotatable bonds is 3. The SMILES string of the molecule is Cc1ccc(NC(=O)C2(C)CCCCN2)cc1-n1cnnn1.Cl. The van der Waals surface area contributed by atoms with Crippen LogP contribution >= 0.6 is 12.4 Å². The topological polar surface area (TPSA) is 84.7 Å². The molecule has 1 aromatic carbocycles. The largest absolute Gasteiger partial charge is 0.324 e. The maximum atomic E-state index is 12.6. The molecule has 1 aliphatic rings. The molecule has 7 nitrogen and oxygen atoms in total. The molecule has 8 heteroatoms. The number of nitrogens with zero attached hydrogens (tertiary/aromatic N) is 4. The molecule has 3 rings (SSSR count). The monoisotopic (exact) mass is 336 g/mol. The number of aryl methyl sites for hydroxylation is 1. The maximum absolute atomic E-state index is 12.6. The van der Waals surface area contributed by atoms with Crippen LogP contribution in [0.5, 0.6) is 0 Å². The highest BCUT2D eigenvalue weighted by Crippen LogP contribution is 2.23. The van der Waals surface area contributed by atoms with Crippen LogP contribution in [0.2, 0.25) is 0 Å². The van der Waals surface area contributed by atoms with Gasteiger partial charge in [-0.2, -0.15) is 0 Å². The van der Waals surface area contributed by atoms with E-state index in [1.165, 1.54) is 6.33 Å². The van der Waals surface area contributed by atoms with Crippen molar-refractivity contribution in [3.05, 3.63) is 30.1 Å². The Morgan fingerprint density at radius 3 is 2.87 bits per heavy atom. The standard InChI is InChI=1S/C15H20N6O.ClH/c1-11-5-6-12(9-13(11)21-10-17-19-20-21)18-14(22)15(2)7-3-4-8-16-15;/h5-6,9-10,16H,3-4,7-8H2,1-2H3,(H,18,22);1H. The van der Waals surface area contributed by atoms with Gasteiger partial charge in [0.1, 0.15) is 6.33 Å². The molecule has 1 amide bonds. The van der Waals surface area contributed by atoms with Crippen molar-refractivity contribution >= 4 is 24.0 Å². The van der Waals surface area contributed by atoms with Crippen LogP contribution in [-0.4, -0.2) is 38.2 Å². The van der Waals surface area contributed by atoms with Gasteiger partial charge in [-0.1, -0.05) is 6.07 Å². The summed E-state index contributed by atoms with van der Waals surface area (Å²) in [5, 5.41) is 17.5. The third-order valence-corrected chi connectivity index (χ3v) is 4.18. The summed E-state index contributed by atoms with van der Waals surface area (Å²) in [7, 11) is 0. The van der Waals surface area contributed by atoms with Crippen molar-refractivity contribution in [2.75, 3.05) is 11.9 Å². The number of hydrogen-bond donors (Lipinski definition) is 2. The zero-order valence-corrected chi connectivity index (χ0v) is 14.1. The number of hydrogen-bond acceptors (Lipinski definition) is 5. The third-order valence-electron chi connectivity index (χ3n) is 4.18. The molecule has 0 bridgehead atoms. The van der Waals surface area contributed by atoms with Crippen LogP contribution in [0.4, 0.5) is 5.69 Å². The number of amides is 1. The van der Waals surface area contributed by atoms with E-state index < -0.39 is 5.54 Å². The molecule has 0 saturated carbocycles. The van der Waals surface area contributed by atoms with Crippen LogP contribution < -0.4 is 10.6 Å². The van der Waals surface area contributed by atoms with E-state index in [-0.39, 0.29) is 18.3 Å². The van der Waals surface area contributed by atoms with Crippen molar-refractivity contribution in [1.82, 2.24) is 25.5 Å². The lowest BCUT2D eigenvalue weighted by atomic mass is 9.90. The highest BCUT2D eigenvalue weighted by Gasteiger charge is 2.34.